The van der Waals surface area contributed by atoms with Crippen molar-refractivity contribution in [1.82, 2.24) is 5.32 Å². The van der Waals surface area contributed by atoms with Crippen molar-refractivity contribution in [3.8, 4) is 0 Å². The van der Waals surface area contributed by atoms with Gasteiger partial charge >= 0.3 is 0 Å². The van der Waals surface area contributed by atoms with Crippen LogP contribution in [0.15, 0.2) is 30.3 Å². The van der Waals surface area contributed by atoms with Crippen LogP contribution >= 0.6 is 0 Å². The summed E-state index contributed by atoms with van der Waals surface area (Å²) in [5.41, 5.74) is 0.744. The molecular weight excluding hydrogens is 270 g/mol. The largest absolute Gasteiger partial charge is 0.309 e. The summed E-state index contributed by atoms with van der Waals surface area (Å²) in [5.74, 6) is -3.51. The maximum atomic E-state index is 13.9. The highest BCUT2D eigenvalue weighted by Crippen LogP contribution is 2.29. The first kappa shape index (κ1) is 14.5. The van der Waals surface area contributed by atoms with E-state index in [1.807, 2.05) is 0 Å². The summed E-state index contributed by atoms with van der Waals surface area (Å²) in [4.78, 5) is 0. The SMILES string of the molecule is CNC(c1cc(F)ccc1C)c1c(F)cc(F)cc1F. The highest BCUT2D eigenvalue weighted by molar-refractivity contribution is 5.38. The second-order valence-electron chi connectivity index (χ2n) is 4.51. The van der Waals surface area contributed by atoms with E-state index in [0.29, 0.717) is 23.3 Å². The molecule has 106 valence electrons. The minimum absolute atomic E-state index is 0.331. The molecule has 0 heterocycles. The summed E-state index contributed by atoms with van der Waals surface area (Å²) >= 11 is 0. The fraction of sp³-hybridized carbons (Fsp3) is 0.200. The number of aryl methyl sites for hydroxylation is 1. The molecule has 0 radical (unpaired) electrons. The van der Waals surface area contributed by atoms with Crippen LogP contribution in [0, 0.1) is 30.2 Å². The van der Waals surface area contributed by atoms with Gasteiger partial charge in [-0.2, -0.15) is 0 Å². The first-order valence-electron chi connectivity index (χ1n) is 6.01. The third-order valence-electron chi connectivity index (χ3n) is 3.17. The van der Waals surface area contributed by atoms with Crippen LogP contribution in [-0.4, -0.2) is 7.05 Å². The lowest BCUT2D eigenvalue weighted by molar-refractivity contribution is 0.498. The zero-order valence-electron chi connectivity index (χ0n) is 11.0. The fourth-order valence-corrected chi connectivity index (χ4v) is 2.21. The Morgan fingerprint density at radius 2 is 1.50 bits per heavy atom. The summed E-state index contributed by atoms with van der Waals surface area (Å²) < 4.78 is 54.0. The van der Waals surface area contributed by atoms with Gasteiger partial charge in [-0.05, 0) is 37.2 Å². The van der Waals surface area contributed by atoms with E-state index in [1.54, 1.807) is 6.92 Å². The van der Waals surface area contributed by atoms with Crippen molar-refractivity contribution < 1.29 is 17.6 Å². The van der Waals surface area contributed by atoms with Crippen molar-refractivity contribution >= 4 is 0 Å². The number of halogens is 4. The van der Waals surface area contributed by atoms with Crippen molar-refractivity contribution in [3.63, 3.8) is 0 Å². The average Bonchev–Trinajstić information content (AvgIpc) is 2.37. The standard InChI is InChI=1S/C15H13F4N/c1-8-3-4-9(16)5-11(8)15(20-2)14-12(18)6-10(17)7-13(14)19/h3-7,15,20H,1-2H3. The van der Waals surface area contributed by atoms with E-state index in [9.17, 15) is 17.6 Å². The average molecular weight is 283 g/mol. The number of rotatable bonds is 3. The molecule has 1 N–H and O–H groups in total. The summed E-state index contributed by atoms with van der Waals surface area (Å²) in [6.45, 7) is 1.71. The molecular formula is C15H13F4N. The second-order valence-corrected chi connectivity index (χ2v) is 4.51. The predicted octanol–water partition coefficient (Wildman–Crippen LogP) is 3.86. The Balaban J connectivity index is 2.61. The van der Waals surface area contributed by atoms with Crippen molar-refractivity contribution in [1.29, 1.82) is 0 Å². The maximum absolute atomic E-state index is 13.9. The minimum Gasteiger partial charge on any atom is -0.309 e. The monoisotopic (exact) mass is 283 g/mol. The summed E-state index contributed by atoms with van der Waals surface area (Å²) in [6.07, 6.45) is 0. The first-order chi connectivity index (χ1) is 9.43. The van der Waals surface area contributed by atoms with E-state index in [0.717, 1.165) is 0 Å². The molecule has 20 heavy (non-hydrogen) atoms. The zero-order chi connectivity index (χ0) is 14.9. The van der Waals surface area contributed by atoms with E-state index in [2.05, 4.69) is 5.32 Å². The van der Waals surface area contributed by atoms with Crippen LogP contribution in [0.1, 0.15) is 22.7 Å². The molecule has 2 aromatic carbocycles. The third kappa shape index (κ3) is 2.67. The van der Waals surface area contributed by atoms with E-state index < -0.39 is 29.3 Å². The summed E-state index contributed by atoms with van der Waals surface area (Å²) in [6, 6.07) is 4.32. The summed E-state index contributed by atoms with van der Waals surface area (Å²) in [5, 5.41) is 2.73. The van der Waals surface area contributed by atoms with Gasteiger partial charge in [0, 0.05) is 17.7 Å². The highest BCUT2D eigenvalue weighted by atomic mass is 19.1. The molecule has 1 atom stereocenters. The van der Waals surface area contributed by atoms with Gasteiger partial charge in [0.25, 0.3) is 0 Å². The molecule has 0 aliphatic heterocycles. The van der Waals surface area contributed by atoms with Gasteiger partial charge in [0.15, 0.2) is 0 Å². The van der Waals surface area contributed by atoms with Crippen LogP contribution in [0.4, 0.5) is 17.6 Å². The van der Waals surface area contributed by atoms with E-state index in [1.165, 1.54) is 25.2 Å². The molecule has 1 nitrogen and oxygen atoms in total. The van der Waals surface area contributed by atoms with Crippen LogP contribution in [-0.2, 0) is 0 Å². The molecule has 0 saturated carbocycles. The Bertz CT molecular complexity index is 617. The van der Waals surface area contributed by atoms with Gasteiger partial charge in [-0.25, -0.2) is 17.6 Å². The molecule has 0 amide bonds. The Hall–Kier alpha value is -1.88. The van der Waals surface area contributed by atoms with Crippen LogP contribution < -0.4 is 5.32 Å². The Labute approximate surface area is 114 Å². The lowest BCUT2D eigenvalue weighted by atomic mass is 9.94. The van der Waals surface area contributed by atoms with Gasteiger partial charge in [-0.3, -0.25) is 0 Å². The lowest BCUT2D eigenvalue weighted by Crippen LogP contribution is -2.21. The Morgan fingerprint density at radius 1 is 0.900 bits per heavy atom. The van der Waals surface area contributed by atoms with Crippen molar-refractivity contribution in [2.75, 3.05) is 7.05 Å². The number of hydrogen-bond acceptors (Lipinski definition) is 1. The molecule has 0 spiro atoms. The highest BCUT2D eigenvalue weighted by Gasteiger charge is 2.23. The maximum Gasteiger partial charge on any atom is 0.134 e. The number of hydrogen-bond donors (Lipinski definition) is 1. The van der Waals surface area contributed by atoms with Crippen LogP contribution in [0.2, 0.25) is 0 Å². The van der Waals surface area contributed by atoms with Gasteiger partial charge in [0.1, 0.15) is 23.3 Å². The van der Waals surface area contributed by atoms with E-state index >= 15 is 0 Å². The minimum atomic E-state index is -1.01. The van der Waals surface area contributed by atoms with Crippen molar-refractivity contribution in [3.05, 3.63) is 70.3 Å². The molecule has 2 rings (SSSR count). The third-order valence-corrected chi connectivity index (χ3v) is 3.17. The van der Waals surface area contributed by atoms with Crippen LogP contribution in [0.5, 0.6) is 0 Å². The Kier molecular flexibility index (Phi) is 4.09. The molecule has 0 aromatic heterocycles. The Morgan fingerprint density at radius 3 is 2.05 bits per heavy atom. The number of nitrogens with one attached hydrogen (secondary N) is 1. The fourth-order valence-electron chi connectivity index (χ4n) is 2.21. The van der Waals surface area contributed by atoms with Gasteiger partial charge in [-0.1, -0.05) is 6.07 Å². The van der Waals surface area contributed by atoms with E-state index in [-0.39, 0.29) is 5.56 Å². The molecule has 0 aliphatic rings. The molecule has 0 bridgehead atoms. The molecule has 0 fully saturated rings. The molecule has 0 saturated heterocycles. The normalized spacial score (nSPS) is 12.5. The molecule has 1 unspecified atom stereocenters. The van der Waals surface area contributed by atoms with Crippen molar-refractivity contribution in [2.24, 2.45) is 0 Å². The first-order valence-corrected chi connectivity index (χ1v) is 6.01. The van der Waals surface area contributed by atoms with Gasteiger partial charge < -0.3 is 5.32 Å². The quantitative estimate of drug-likeness (QED) is 0.843. The topological polar surface area (TPSA) is 12.0 Å². The van der Waals surface area contributed by atoms with E-state index in [4.69, 9.17) is 0 Å². The van der Waals surface area contributed by atoms with Crippen molar-refractivity contribution in [2.45, 2.75) is 13.0 Å². The predicted molar refractivity (Wildman–Crippen MR) is 68.4 cm³/mol. The summed E-state index contributed by atoms with van der Waals surface area (Å²) in [7, 11) is 1.50. The lowest BCUT2D eigenvalue weighted by Gasteiger charge is -2.20. The van der Waals surface area contributed by atoms with Gasteiger partial charge in [0.05, 0.1) is 6.04 Å². The van der Waals surface area contributed by atoms with Crippen LogP contribution in [0.3, 0.4) is 0 Å². The zero-order valence-corrected chi connectivity index (χ0v) is 11.0. The number of benzene rings is 2. The van der Waals surface area contributed by atoms with Gasteiger partial charge in [0.2, 0.25) is 0 Å². The second kappa shape index (κ2) is 5.63. The molecule has 0 aliphatic carbocycles. The molecule has 5 heteroatoms. The van der Waals surface area contributed by atoms with Crippen LogP contribution in [0.25, 0.3) is 0 Å². The smallest absolute Gasteiger partial charge is 0.134 e. The van der Waals surface area contributed by atoms with Gasteiger partial charge in [-0.15, -0.1) is 0 Å². The molecule has 2 aromatic rings.